The van der Waals surface area contributed by atoms with Crippen molar-refractivity contribution in [3.05, 3.63) is 76.3 Å². The maximum atomic E-state index is 13.1. The maximum absolute atomic E-state index is 13.1. The third-order valence-corrected chi connectivity index (χ3v) is 6.14. The molecule has 1 aliphatic rings. The van der Waals surface area contributed by atoms with E-state index in [4.69, 9.17) is 14.2 Å². The van der Waals surface area contributed by atoms with E-state index in [9.17, 15) is 4.79 Å². The van der Waals surface area contributed by atoms with Crippen LogP contribution in [-0.4, -0.2) is 18.7 Å². The van der Waals surface area contributed by atoms with Crippen LogP contribution in [0.5, 0.6) is 5.75 Å². The Morgan fingerprint density at radius 3 is 2.24 bits per heavy atom. The van der Waals surface area contributed by atoms with Gasteiger partial charge in [-0.15, -0.1) is 0 Å². The standard InChI is InChI=1S/C29H32O4/c1-17-12-14-20(15-13-17)23-18(2)24-22-11-9-8-10-21(22)16-32-26(24)19(3)25(23)27(28(30)31-7)33-29(4,5)6/h8-15,27H,16H2,1-7H3/t27-/m0/s1. The van der Waals surface area contributed by atoms with E-state index in [0.717, 1.165) is 44.7 Å². The molecule has 1 aliphatic heterocycles. The fraction of sp³-hybridized carbons (Fsp3) is 0.345. The van der Waals surface area contributed by atoms with Gasteiger partial charge in [-0.25, -0.2) is 4.79 Å². The molecule has 4 nitrogen and oxygen atoms in total. The van der Waals surface area contributed by atoms with E-state index < -0.39 is 17.7 Å². The molecule has 0 saturated carbocycles. The molecular formula is C29H32O4. The van der Waals surface area contributed by atoms with Gasteiger partial charge in [0.15, 0.2) is 6.10 Å². The second-order valence-corrected chi connectivity index (χ2v) is 9.69. The third kappa shape index (κ3) is 4.28. The normalized spacial score (nSPS) is 13.5. The second-order valence-electron chi connectivity index (χ2n) is 9.69. The topological polar surface area (TPSA) is 44.8 Å². The summed E-state index contributed by atoms with van der Waals surface area (Å²) in [5, 5.41) is 0. The highest BCUT2D eigenvalue weighted by molar-refractivity contribution is 5.91. The van der Waals surface area contributed by atoms with E-state index in [0.29, 0.717) is 6.61 Å². The molecule has 1 heterocycles. The number of carbonyl (C=O) groups excluding carboxylic acids is 1. The lowest BCUT2D eigenvalue weighted by molar-refractivity contribution is -0.164. The van der Waals surface area contributed by atoms with Crippen LogP contribution in [0.15, 0.2) is 48.5 Å². The molecular weight excluding hydrogens is 412 g/mol. The molecule has 0 spiro atoms. The van der Waals surface area contributed by atoms with Crippen molar-refractivity contribution in [2.24, 2.45) is 0 Å². The SMILES string of the molecule is COC(=O)[C@@H](OC(C)(C)C)c1c(C)c2c(c(C)c1-c1ccc(C)cc1)-c1ccccc1CO2. The molecule has 4 rings (SSSR count). The van der Waals surface area contributed by atoms with E-state index in [-0.39, 0.29) is 0 Å². The highest BCUT2D eigenvalue weighted by atomic mass is 16.6. The van der Waals surface area contributed by atoms with Gasteiger partial charge in [0.25, 0.3) is 0 Å². The minimum atomic E-state index is -0.879. The third-order valence-electron chi connectivity index (χ3n) is 6.14. The van der Waals surface area contributed by atoms with Crippen LogP contribution < -0.4 is 4.74 Å². The summed E-state index contributed by atoms with van der Waals surface area (Å²) in [5.74, 6) is 0.389. The lowest BCUT2D eigenvalue weighted by Gasteiger charge is -2.33. The van der Waals surface area contributed by atoms with E-state index in [1.807, 2.05) is 33.8 Å². The minimum Gasteiger partial charge on any atom is -0.488 e. The van der Waals surface area contributed by atoms with Gasteiger partial charge in [0.1, 0.15) is 12.4 Å². The Morgan fingerprint density at radius 1 is 0.939 bits per heavy atom. The molecule has 4 heteroatoms. The van der Waals surface area contributed by atoms with Crippen LogP contribution in [0, 0.1) is 20.8 Å². The van der Waals surface area contributed by atoms with Gasteiger partial charge >= 0.3 is 5.97 Å². The molecule has 0 amide bonds. The van der Waals surface area contributed by atoms with Crippen molar-refractivity contribution in [3.8, 4) is 28.0 Å². The molecule has 33 heavy (non-hydrogen) atoms. The predicted molar refractivity (Wildman–Crippen MR) is 131 cm³/mol. The monoisotopic (exact) mass is 444 g/mol. The van der Waals surface area contributed by atoms with Crippen LogP contribution in [0.4, 0.5) is 0 Å². The van der Waals surface area contributed by atoms with Crippen molar-refractivity contribution in [3.63, 3.8) is 0 Å². The van der Waals surface area contributed by atoms with Gasteiger partial charge in [0.05, 0.1) is 12.7 Å². The Labute approximate surface area is 196 Å². The zero-order valence-electron chi connectivity index (χ0n) is 20.5. The van der Waals surface area contributed by atoms with Gasteiger partial charge in [-0.3, -0.25) is 0 Å². The number of carbonyl (C=O) groups is 1. The van der Waals surface area contributed by atoms with Crippen LogP contribution >= 0.6 is 0 Å². The summed E-state index contributed by atoms with van der Waals surface area (Å²) >= 11 is 0. The quantitative estimate of drug-likeness (QED) is 0.412. The smallest absolute Gasteiger partial charge is 0.339 e. The summed E-state index contributed by atoms with van der Waals surface area (Å²) in [5.41, 5.74) is 8.83. The van der Waals surface area contributed by atoms with Crippen LogP contribution in [0.3, 0.4) is 0 Å². The number of methoxy groups -OCH3 is 1. The van der Waals surface area contributed by atoms with Gasteiger partial charge in [-0.05, 0) is 74.9 Å². The average molecular weight is 445 g/mol. The Kier molecular flexibility index (Phi) is 6.06. The Hall–Kier alpha value is -3.11. The van der Waals surface area contributed by atoms with Gasteiger partial charge in [-0.2, -0.15) is 0 Å². The van der Waals surface area contributed by atoms with Crippen molar-refractivity contribution in [1.29, 1.82) is 0 Å². The largest absolute Gasteiger partial charge is 0.488 e. The molecule has 0 saturated heterocycles. The van der Waals surface area contributed by atoms with Crippen molar-refractivity contribution >= 4 is 5.97 Å². The fourth-order valence-electron chi connectivity index (χ4n) is 4.64. The fourth-order valence-corrected chi connectivity index (χ4v) is 4.64. The van der Waals surface area contributed by atoms with Gasteiger partial charge in [0.2, 0.25) is 0 Å². The van der Waals surface area contributed by atoms with Crippen LogP contribution in [-0.2, 0) is 20.9 Å². The Bertz CT molecular complexity index is 1200. The number of ether oxygens (including phenoxy) is 3. The number of rotatable bonds is 4. The number of benzene rings is 3. The number of fused-ring (bicyclic) bond motifs is 3. The summed E-state index contributed by atoms with van der Waals surface area (Å²) in [6.45, 7) is 12.5. The molecule has 0 aliphatic carbocycles. The van der Waals surface area contributed by atoms with Gasteiger partial charge < -0.3 is 14.2 Å². The first-order valence-corrected chi connectivity index (χ1v) is 11.3. The zero-order chi connectivity index (χ0) is 23.9. The lowest BCUT2D eigenvalue weighted by atomic mass is 9.81. The number of hydrogen-bond donors (Lipinski definition) is 0. The molecule has 0 radical (unpaired) electrons. The molecule has 0 bridgehead atoms. The van der Waals surface area contributed by atoms with Crippen molar-refractivity contribution in [2.75, 3.05) is 7.11 Å². The molecule has 0 unspecified atom stereocenters. The van der Waals surface area contributed by atoms with Gasteiger partial charge in [-0.1, -0.05) is 54.1 Å². The number of hydrogen-bond acceptors (Lipinski definition) is 4. The van der Waals surface area contributed by atoms with Crippen molar-refractivity contribution < 1.29 is 19.0 Å². The molecule has 3 aromatic rings. The summed E-state index contributed by atoms with van der Waals surface area (Å²) < 4.78 is 17.8. The van der Waals surface area contributed by atoms with Crippen LogP contribution in [0.1, 0.15) is 54.7 Å². The lowest BCUT2D eigenvalue weighted by Crippen LogP contribution is -2.29. The Morgan fingerprint density at radius 2 is 1.61 bits per heavy atom. The maximum Gasteiger partial charge on any atom is 0.339 e. The number of esters is 1. The highest BCUT2D eigenvalue weighted by Crippen LogP contribution is 2.50. The first kappa shape index (κ1) is 23.1. The van der Waals surface area contributed by atoms with Crippen LogP contribution in [0.25, 0.3) is 22.3 Å². The van der Waals surface area contributed by atoms with Crippen molar-refractivity contribution in [2.45, 2.75) is 59.9 Å². The Balaban J connectivity index is 2.09. The molecule has 0 fully saturated rings. The predicted octanol–water partition coefficient (Wildman–Crippen LogP) is 6.87. The van der Waals surface area contributed by atoms with E-state index in [2.05, 4.69) is 56.3 Å². The second kappa shape index (κ2) is 8.68. The summed E-state index contributed by atoms with van der Waals surface area (Å²) in [6.07, 6.45) is -0.879. The molecule has 0 N–H and O–H groups in total. The first-order chi connectivity index (χ1) is 15.6. The van der Waals surface area contributed by atoms with E-state index in [1.54, 1.807) is 0 Å². The van der Waals surface area contributed by atoms with Crippen LogP contribution in [0.2, 0.25) is 0 Å². The van der Waals surface area contributed by atoms with Gasteiger partial charge in [0, 0.05) is 11.1 Å². The molecule has 3 aromatic carbocycles. The van der Waals surface area contributed by atoms with E-state index >= 15 is 0 Å². The zero-order valence-corrected chi connectivity index (χ0v) is 20.5. The number of aryl methyl sites for hydroxylation is 1. The van der Waals surface area contributed by atoms with E-state index in [1.165, 1.54) is 18.2 Å². The van der Waals surface area contributed by atoms with Crippen molar-refractivity contribution in [1.82, 2.24) is 0 Å². The summed E-state index contributed by atoms with van der Waals surface area (Å²) in [7, 11) is 1.40. The summed E-state index contributed by atoms with van der Waals surface area (Å²) in [4.78, 5) is 13.1. The summed E-state index contributed by atoms with van der Waals surface area (Å²) in [6, 6.07) is 16.7. The molecule has 1 atom stereocenters. The highest BCUT2D eigenvalue weighted by Gasteiger charge is 2.36. The molecule has 172 valence electrons. The minimum absolute atomic E-state index is 0.419. The first-order valence-electron chi connectivity index (χ1n) is 11.3. The average Bonchev–Trinajstić information content (AvgIpc) is 2.79. The molecule has 0 aromatic heterocycles.